The van der Waals surface area contributed by atoms with Crippen molar-refractivity contribution in [2.45, 2.75) is 12.2 Å². The molecule has 0 fully saturated rings. The highest BCUT2D eigenvalue weighted by atomic mass is 19.4. The number of fused-ring (bicyclic) bond motifs is 1. The number of nitrogens with one attached hydrogen (secondary N) is 1. The molecule has 4 aromatic rings. The third-order valence-electron chi connectivity index (χ3n) is 4.64. The third-order valence-corrected chi connectivity index (χ3v) is 4.64. The van der Waals surface area contributed by atoms with Crippen LogP contribution in [0.1, 0.15) is 23.1 Å². The molecule has 0 spiro atoms. The molecule has 0 aliphatic heterocycles. The molecule has 8 heteroatoms. The number of imidazole rings is 1. The summed E-state index contributed by atoms with van der Waals surface area (Å²) in [4.78, 5) is 8.00. The van der Waals surface area contributed by atoms with Crippen LogP contribution in [-0.4, -0.2) is 14.5 Å². The van der Waals surface area contributed by atoms with Gasteiger partial charge in [-0.3, -0.25) is 0 Å². The van der Waals surface area contributed by atoms with Gasteiger partial charge in [0.25, 0.3) is 0 Å². The van der Waals surface area contributed by atoms with E-state index in [2.05, 4.69) is 15.3 Å². The molecule has 1 atom stereocenters. The lowest BCUT2D eigenvalue weighted by Gasteiger charge is -2.22. The van der Waals surface area contributed by atoms with Gasteiger partial charge in [-0.1, -0.05) is 36.4 Å². The summed E-state index contributed by atoms with van der Waals surface area (Å²) in [5.74, 6) is -0.0213. The summed E-state index contributed by atoms with van der Waals surface area (Å²) in [6.45, 7) is 0. The maximum absolute atomic E-state index is 14.6. The zero-order valence-corrected chi connectivity index (χ0v) is 15.3. The first-order valence-corrected chi connectivity index (χ1v) is 8.80. The molecule has 148 valence electrons. The zero-order chi connectivity index (χ0) is 20.6. The first kappa shape index (κ1) is 18.9. The molecule has 4 rings (SSSR count). The first-order valence-electron chi connectivity index (χ1n) is 8.80. The normalized spacial score (nSPS) is 12.9. The Hall–Kier alpha value is -3.42. The molecule has 2 aromatic carbocycles. The Bertz CT molecular complexity index is 1170. The van der Waals surface area contributed by atoms with Gasteiger partial charge in [-0.05, 0) is 18.2 Å². The van der Waals surface area contributed by atoms with Crippen LogP contribution in [0, 0.1) is 5.82 Å². The van der Waals surface area contributed by atoms with Crippen LogP contribution in [-0.2, 0) is 13.2 Å². The van der Waals surface area contributed by atoms with Gasteiger partial charge < -0.3 is 9.88 Å². The number of alkyl halides is 3. The Kier molecular flexibility index (Phi) is 4.70. The Balaban J connectivity index is 1.90. The number of hydrogen-bond donors (Lipinski definition) is 1. The maximum atomic E-state index is 14.6. The van der Waals surface area contributed by atoms with Gasteiger partial charge in [0, 0.05) is 36.1 Å². The molecule has 0 radical (unpaired) electrons. The summed E-state index contributed by atoms with van der Waals surface area (Å²) in [6, 6.07) is 12.8. The molecule has 0 bridgehead atoms. The molecule has 0 aliphatic carbocycles. The molecule has 0 amide bonds. The van der Waals surface area contributed by atoms with Crippen LogP contribution in [0.3, 0.4) is 0 Å². The second kappa shape index (κ2) is 7.20. The van der Waals surface area contributed by atoms with E-state index in [1.165, 1.54) is 12.1 Å². The number of rotatable bonds is 4. The molecular formula is C21H16F4N4. The Morgan fingerprint density at radius 1 is 1.03 bits per heavy atom. The van der Waals surface area contributed by atoms with Gasteiger partial charge in [-0.25, -0.2) is 14.4 Å². The highest BCUT2D eigenvalue weighted by molar-refractivity contribution is 5.91. The molecule has 1 N–H and O–H groups in total. The average Bonchev–Trinajstić information content (AvgIpc) is 3.11. The van der Waals surface area contributed by atoms with Crippen LogP contribution >= 0.6 is 0 Å². The standard InChI is InChI=1S/C21H16F4N4/c1-29-11-10-26-20(29)19(13-6-2-4-8-15(13)22)28-17-12-18(21(23,24)25)27-16-9-5-3-7-14(16)17/h2-12,19H,1H3,(H,27,28). The lowest BCUT2D eigenvalue weighted by molar-refractivity contribution is -0.140. The van der Waals surface area contributed by atoms with E-state index in [9.17, 15) is 17.6 Å². The molecule has 1 unspecified atom stereocenters. The Morgan fingerprint density at radius 2 is 1.76 bits per heavy atom. The Labute approximate surface area is 163 Å². The molecule has 0 aliphatic rings. The van der Waals surface area contributed by atoms with E-state index < -0.39 is 23.7 Å². The minimum Gasteiger partial charge on any atom is -0.371 e. The number of anilines is 1. The van der Waals surface area contributed by atoms with Crippen LogP contribution in [0.25, 0.3) is 10.9 Å². The summed E-state index contributed by atoms with van der Waals surface area (Å²) in [6.07, 6.45) is -1.37. The van der Waals surface area contributed by atoms with Gasteiger partial charge in [0.05, 0.1) is 5.52 Å². The number of aromatic nitrogens is 3. The van der Waals surface area contributed by atoms with E-state index in [0.29, 0.717) is 11.2 Å². The number of halogens is 4. The van der Waals surface area contributed by atoms with Gasteiger partial charge in [0.15, 0.2) is 0 Å². The van der Waals surface area contributed by atoms with Crippen molar-refractivity contribution in [1.29, 1.82) is 0 Å². The minimum absolute atomic E-state index is 0.192. The van der Waals surface area contributed by atoms with E-state index in [1.54, 1.807) is 60.4 Å². The van der Waals surface area contributed by atoms with Gasteiger partial charge in [0.1, 0.15) is 23.4 Å². The number of pyridine rings is 1. The molecule has 0 saturated heterocycles. The lowest BCUT2D eigenvalue weighted by atomic mass is 10.0. The molecular weight excluding hydrogens is 384 g/mol. The largest absolute Gasteiger partial charge is 0.433 e. The first-order chi connectivity index (χ1) is 13.8. The van der Waals surface area contributed by atoms with Crippen LogP contribution in [0.2, 0.25) is 0 Å². The highest BCUT2D eigenvalue weighted by Gasteiger charge is 2.34. The van der Waals surface area contributed by atoms with Gasteiger partial charge in [-0.2, -0.15) is 13.2 Å². The van der Waals surface area contributed by atoms with Crippen molar-refractivity contribution in [3.63, 3.8) is 0 Å². The van der Waals surface area contributed by atoms with Gasteiger partial charge in [-0.15, -0.1) is 0 Å². The summed E-state index contributed by atoms with van der Waals surface area (Å²) >= 11 is 0. The monoisotopic (exact) mass is 400 g/mol. The quantitative estimate of drug-likeness (QED) is 0.471. The summed E-state index contributed by atoms with van der Waals surface area (Å²) in [5, 5.41) is 3.57. The number of nitrogens with zero attached hydrogens (tertiary/aromatic N) is 3. The second-order valence-corrected chi connectivity index (χ2v) is 6.57. The lowest BCUT2D eigenvalue weighted by Crippen LogP contribution is -2.19. The van der Waals surface area contributed by atoms with E-state index in [4.69, 9.17) is 0 Å². The smallest absolute Gasteiger partial charge is 0.371 e. The molecule has 2 heterocycles. The number of hydrogen-bond acceptors (Lipinski definition) is 3. The van der Waals surface area contributed by atoms with Crippen molar-refractivity contribution in [3.05, 3.63) is 89.9 Å². The van der Waals surface area contributed by atoms with Crippen LogP contribution < -0.4 is 5.32 Å². The highest BCUT2D eigenvalue weighted by Crippen LogP contribution is 2.35. The number of aryl methyl sites for hydroxylation is 1. The van der Waals surface area contributed by atoms with E-state index >= 15 is 0 Å². The topological polar surface area (TPSA) is 42.7 Å². The van der Waals surface area contributed by atoms with Crippen molar-refractivity contribution >= 4 is 16.6 Å². The van der Waals surface area contributed by atoms with Crippen molar-refractivity contribution in [1.82, 2.24) is 14.5 Å². The van der Waals surface area contributed by atoms with E-state index in [1.807, 2.05) is 0 Å². The van der Waals surface area contributed by atoms with Gasteiger partial charge >= 0.3 is 6.18 Å². The van der Waals surface area contributed by atoms with Crippen LogP contribution in [0.15, 0.2) is 67.0 Å². The fourth-order valence-corrected chi connectivity index (χ4v) is 3.24. The summed E-state index contributed by atoms with van der Waals surface area (Å²) in [7, 11) is 1.74. The molecule has 4 nitrogen and oxygen atoms in total. The van der Waals surface area contributed by atoms with Gasteiger partial charge in [0.2, 0.25) is 0 Å². The minimum atomic E-state index is -4.61. The zero-order valence-electron chi connectivity index (χ0n) is 15.3. The third kappa shape index (κ3) is 3.65. The van der Waals surface area contributed by atoms with Crippen LogP contribution in [0.5, 0.6) is 0 Å². The second-order valence-electron chi connectivity index (χ2n) is 6.57. The fourth-order valence-electron chi connectivity index (χ4n) is 3.24. The maximum Gasteiger partial charge on any atom is 0.433 e. The van der Waals surface area contributed by atoms with Crippen molar-refractivity contribution < 1.29 is 17.6 Å². The summed E-state index contributed by atoms with van der Waals surface area (Å²) < 4.78 is 56.4. The van der Waals surface area contributed by atoms with Crippen molar-refractivity contribution in [2.75, 3.05) is 5.32 Å². The Morgan fingerprint density at radius 3 is 2.45 bits per heavy atom. The van der Waals surface area contributed by atoms with Crippen molar-refractivity contribution in [2.24, 2.45) is 7.05 Å². The molecule has 29 heavy (non-hydrogen) atoms. The predicted octanol–water partition coefficient (Wildman–Crippen LogP) is 5.33. The molecule has 2 aromatic heterocycles. The van der Waals surface area contributed by atoms with E-state index in [0.717, 1.165) is 6.07 Å². The van der Waals surface area contributed by atoms with E-state index in [-0.39, 0.29) is 16.8 Å². The molecule has 0 saturated carbocycles. The summed E-state index contributed by atoms with van der Waals surface area (Å²) in [5.41, 5.74) is -0.363. The van der Waals surface area contributed by atoms with Crippen molar-refractivity contribution in [3.8, 4) is 0 Å². The average molecular weight is 400 g/mol. The number of benzene rings is 2. The predicted molar refractivity (Wildman–Crippen MR) is 102 cm³/mol. The van der Waals surface area contributed by atoms with Crippen LogP contribution in [0.4, 0.5) is 23.2 Å². The fraction of sp³-hybridized carbons (Fsp3) is 0.143. The SMILES string of the molecule is Cn1ccnc1C(Nc1cc(C(F)(F)F)nc2ccccc12)c1ccccc1F. The number of para-hydroxylation sites is 1.